The second-order valence-electron chi connectivity index (χ2n) is 5.40. The van der Waals surface area contributed by atoms with Crippen LogP contribution in [-0.2, 0) is 4.74 Å². The molecule has 8 nitrogen and oxygen atoms in total. The van der Waals surface area contributed by atoms with Crippen molar-refractivity contribution in [2.24, 2.45) is 0 Å². The average molecular weight is 373 g/mol. The third kappa shape index (κ3) is 2.29. The van der Waals surface area contributed by atoms with Crippen LogP contribution in [0.5, 0.6) is 0 Å². The minimum absolute atomic E-state index is 0.368. The maximum atomic E-state index is 10.2. The molecule has 2 aromatic rings. The van der Waals surface area contributed by atoms with Crippen molar-refractivity contribution in [3.8, 4) is 0 Å². The highest BCUT2D eigenvalue weighted by molar-refractivity contribution is 9.10. The Morgan fingerprint density at radius 3 is 2.64 bits per heavy atom. The van der Waals surface area contributed by atoms with Crippen LogP contribution in [0, 0.1) is 0 Å². The molecule has 3 N–H and O–H groups in total. The first-order valence-electron chi connectivity index (χ1n) is 6.76. The Hall–Kier alpha value is -1.26. The molecular formula is C13H17BrN4O4. The molecule has 0 saturated carbocycles. The maximum absolute atomic E-state index is 10.2. The van der Waals surface area contributed by atoms with Crippen LogP contribution in [0.3, 0.4) is 0 Å². The van der Waals surface area contributed by atoms with Gasteiger partial charge in [0.1, 0.15) is 36.1 Å². The van der Waals surface area contributed by atoms with Gasteiger partial charge in [-0.3, -0.25) is 0 Å². The predicted molar refractivity (Wildman–Crippen MR) is 82.6 cm³/mol. The Labute approximate surface area is 135 Å². The first-order valence-corrected chi connectivity index (χ1v) is 7.55. The Morgan fingerprint density at radius 2 is 2.05 bits per heavy atom. The number of aromatic nitrogens is 3. The van der Waals surface area contributed by atoms with Crippen molar-refractivity contribution in [2.75, 3.05) is 25.6 Å². The van der Waals surface area contributed by atoms with Crippen LogP contribution in [-0.4, -0.2) is 68.9 Å². The van der Waals surface area contributed by atoms with E-state index in [1.54, 1.807) is 10.8 Å². The van der Waals surface area contributed by atoms with Gasteiger partial charge in [-0.15, -0.1) is 0 Å². The number of nitrogens with zero attached hydrogens (tertiary/aromatic N) is 4. The number of aliphatic hydroxyl groups excluding tert-OH is 3. The van der Waals surface area contributed by atoms with Crippen molar-refractivity contribution in [3.63, 3.8) is 0 Å². The number of anilines is 1. The molecule has 1 saturated heterocycles. The summed E-state index contributed by atoms with van der Waals surface area (Å²) in [6.45, 7) is -0.368. The number of hydrogen-bond acceptors (Lipinski definition) is 7. The van der Waals surface area contributed by atoms with Crippen molar-refractivity contribution in [2.45, 2.75) is 24.5 Å². The van der Waals surface area contributed by atoms with Crippen molar-refractivity contribution in [1.29, 1.82) is 0 Å². The quantitative estimate of drug-likeness (QED) is 0.689. The summed E-state index contributed by atoms with van der Waals surface area (Å²) in [6, 6.07) is 0. The van der Waals surface area contributed by atoms with Gasteiger partial charge in [0.2, 0.25) is 0 Å². The molecule has 3 rings (SSSR count). The van der Waals surface area contributed by atoms with E-state index in [0.29, 0.717) is 5.65 Å². The molecule has 0 aromatic carbocycles. The lowest BCUT2D eigenvalue weighted by atomic mass is 10.1. The molecular weight excluding hydrogens is 356 g/mol. The zero-order chi connectivity index (χ0) is 16.0. The fourth-order valence-corrected chi connectivity index (χ4v) is 3.24. The van der Waals surface area contributed by atoms with E-state index in [2.05, 4.69) is 25.9 Å². The normalized spacial score (nSPS) is 28.5. The summed E-state index contributed by atoms with van der Waals surface area (Å²) in [6.07, 6.45) is -0.801. The summed E-state index contributed by atoms with van der Waals surface area (Å²) >= 11 is 3.47. The lowest BCUT2D eigenvalue weighted by Crippen LogP contribution is -2.33. The van der Waals surface area contributed by atoms with Crippen molar-refractivity contribution in [1.82, 2.24) is 14.5 Å². The highest BCUT2D eigenvalue weighted by Crippen LogP contribution is 2.37. The third-order valence-electron chi connectivity index (χ3n) is 3.76. The van der Waals surface area contributed by atoms with Crippen LogP contribution in [0.25, 0.3) is 11.0 Å². The van der Waals surface area contributed by atoms with E-state index in [-0.39, 0.29) is 6.61 Å². The Bertz CT molecular complexity index is 692. The number of ether oxygens (including phenoxy) is 1. The van der Waals surface area contributed by atoms with Crippen LogP contribution in [0.4, 0.5) is 5.82 Å². The van der Waals surface area contributed by atoms with Gasteiger partial charge in [0, 0.05) is 24.8 Å². The molecule has 0 amide bonds. The fourth-order valence-electron chi connectivity index (χ4n) is 2.67. The molecule has 4 atom stereocenters. The van der Waals surface area contributed by atoms with Gasteiger partial charge in [0.05, 0.1) is 12.0 Å². The molecule has 0 unspecified atom stereocenters. The van der Waals surface area contributed by atoms with Crippen LogP contribution in [0.1, 0.15) is 6.23 Å². The van der Waals surface area contributed by atoms with Gasteiger partial charge in [-0.1, -0.05) is 0 Å². The molecule has 120 valence electrons. The fraction of sp³-hybridized carbons (Fsp3) is 0.538. The number of hydrogen-bond donors (Lipinski definition) is 3. The van der Waals surface area contributed by atoms with Crippen LogP contribution < -0.4 is 4.90 Å². The zero-order valence-corrected chi connectivity index (χ0v) is 13.7. The summed E-state index contributed by atoms with van der Waals surface area (Å²) in [4.78, 5) is 10.4. The molecule has 22 heavy (non-hydrogen) atoms. The van der Waals surface area contributed by atoms with E-state index >= 15 is 0 Å². The number of aliphatic hydroxyl groups is 3. The van der Waals surface area contributed by atoms with Gasteiger partial charge < -0.3 is 29.5 Å². The van der Waals surface area contributed by atoms with E-state index in [1.807, 2.05) is 19.0 Å². The SMILES string of the molecule is CN(C)c1ncnc2c1c(Br)cn2[C@@H]1O[C@H](CO)[C@@H](O)[C@H]1O. The molecule has 0 aliphatic carbocycles. The largest absolute Gasteiger partial charge is 0.394 e. The van der Waals surface area contributed by atoms with E-state index in [9.17, 15) is 15.3 Å². The monoisotopic (exact) mass is 372 g/mol. The topological polar surface area (TPSA) is 104 Å². The van der Waals surface area contributed by atoms with Gasteiger partial charge in [-0.2, -0.15) is 0 Å². The van der Waals surface area contributed by atoms with Gasteiger partial charge >= 0.3 is 0 Å². The standard InChI is InChI=1S/C13H17BrN4O4/c1-17(2)11-8-6(14)3-18(12(8)16-5-15-11)13-10(21)9(20)7(4-19)22-13/h3,5,7,9-10,13,19-21H,4H2,1-2H3/t7-,9-,10-,13-/m1/s1. The smallest absolute Gasteiger partial charge is 0.164 e. The van der Waals surface area contributed by atoms with E-state index in [1.165, 1.54) is 6.33 Å². The highest BCUT2D eigenvalue weighted by Gasteiger charge is 2.44. The van der Waals surface area contributed by atoms with Crippen molar-refractivity contribution in [3.05, 3.63) is 17.0 Å². The minimum atomic E-state index is -1.16. The molecule has 9 heteroatoms. The number of halogens is 1. The van der Waals surface area contributed by atoms with Crippen molar-refractivity contribution >= 4 is 32.8 Å². The molecule has 0 spiro atoms. The second-order valence-corrected chi connectivity index (χ2v) is 6.26. The van der Waals surface area contributed by atoms with E-state index in [0.717, 1.165) is 15.7 Å². The maximum Gasteiger partial charge on any atom is 0.164 e. The van der Waals surface area contributed by atoms with Gasteiger partial charge in [-0.25, -0.2) is 9.97 Å². The third-order valence-corrected chi connectivity index (χ3v) is 4.36. The molecule has 2 aromatic heterocycles. The van der Waals surface area contributed by atoms with Gasteiger partial charge in [-0.05, 0) is 15.9 Å². The summed E-state index contributed by atoms with van der Waals surface area (Å²) in [7, 11) is 3.75. The Morgan fingerprint density at radius 1 is 1.32 bits per heavy atom. The molecule has 0 bridgehead atoms. The average Bonchev–Trinajstić information content (AvgIpc) is 2.98. The Balaban J connectivity index is 2.11. The van der Waals surface area contributed by atoms with Crippen LogP contribution >= 0.6 is 15.9 Å². The number of fused-ring (bicyclic) bond motifs is 1. The summed E-state index contributed by atoms with van der Waals surface area (Å²) < 4.78 is 7.95. The van der Waals surface area contributed by atoms with Gasteiger partial charge in [0.15, 0.2) is 6.23 Å². The molecule has 1 aliphatic heterocycles. The molecule has 0 radical (unpaired) electrons. The lowest BCUT2D eigenvalue weighted by molar-refractivity contribution is -0.0509. The molecule has 1 fully saturated rings. The molecule has 1 aliphatic rings. The number of rotatable bonds is 3. The summed E-state index contributed by atoms with van der Waals surface area (Å²) in [5.41, 5.74) is 0.570. The lowest BCUT2D eigenvalue weighted by Gasteiger charge is -2.18. The minimum Gasteiger partial charge on any atom is -0.394 e. The Kier molecular flexibility index (Phi) is 4.08. The van der Waals surface area contributed by atoms with Crippen LogP contribution in [0.2, 0.25) is 0 Å². The zero-order valence-electron chi connectivity index (χ0n) is 12.1. The predicted octanol–water partition coefficient (Wildman–Crippen LogP) is -0.129. The second kappa shape index (κ2) is 5.74. The van der Waals surface area contributed by atoms with Crippen molar-refractivity contribution < 1.29 is 20.1 Å². The van der Waals surface area contributed by atoms with E-state index in [4.69, 9.17) is 4.74 Å². The van der Waals surface area contributed by atoms with Gasteiger partial charge in [0.25, 0.3) is 0 Å². The summed E-state index contributed by atoms with van der Waals surface area (Å²) in [5, 5.41) is 30.1. The highest BCUT2D eigenvalue weighted by atomic mass is 79.9. The molecule has 3 heterocycles. The summed E-state index contributed by atoms with van der Waals surface area (Å²) in [5.74, 6) is 0.724. The van der Waals surface area contributed by atoms with E-state index < -0.39 is 24.5 Å². The first-order chi connectivity index (χ1) is 10.5. The first kappa shape index (κ1) is 15.6. The van der Waals surface area contributed by atoms with Crippen LogP contribution in [0.15, 0.2) is 17.0 Å².